The minimum absolute atomic E-state index is 0.382. The van der Waals surface area contributed by atoms with Gasteiger partial charge in [0.05, 0.1) is 13.2 Å². The van der Waals surface area contributed by atoms with Crippen LogP contribution in [0.2, 0.25) is 0 Å². The van der Waals surface area contributed by atoms with Crippen molar-refractivity contribution in [3.05, 3.63) is 28.2 Å². The molecule has 0 radical (unpaired) electrons. The van der Waals surface area contributed by atoms with Crippen molar-refractivity contribution in [2.45, 2.75) is 45.1 Å². The average Bonchev–Trinajstić information content (AvgIpc) is 2.34. The fraction of sp³-hybridized carbons (Fsp3) is 0.571. The van der Waals surface area contributed by atoms with Crippen molar-refractivity contribution in [2.75, 3.05) is 7.11 Å². The Labute approximate surface area is 112 Å². The van der Waals surface area contributed by atoms with Crippen molar-refractivity contribution in [1.82, 2.24) is 0 Å². The van der Waals surface area contributed by atoms with E-state index < -0.39 is 0 Å². The number of halogens is 1. The Bertz CT molecular complexity index is 339. The minimum atomic E-state index is -0.382. The molecule has 0 spiro atoms. The van der Waals surface area contributed by atoms with E-state index in [4.69, 9.17) is 4.74 Å². The van der Waals surface area contributed by atoms with E-state index in [1.54, 1.807) is 7.11 Å². The fourth-order valence-electron chi connectivity index (χ4n) is 1.83. The minimum Gasteiger partial charge on any atom is -0.497 e. The summed E-state index contributed by atoms with van der Waals surface area (Å²) in [4.78, 5) is 0. The number of rotatable bonds is 7. The molecule has 1 N–H and O–H groups in total. The number of aliphatic hydroxyl groups excluding tert-OH is 1. The number of hydrogen-bond acceptors (Lipinski definition) is 2. The van der Waals surface area contributed by atoms with Crippen LogP contribution in [-0.2, 0) is 0 Å². The van der Waals surface area contributed by atoms with Gasteiger partial charge in [0.2, 0.25) is 0 Å². The van der Waals surface area contributed by atoms with Crippen molar-refractivity contribution < 1.29 is 9.84 Å². The van der Waals surface area contributed by atoms with Crippen LogP contribution in [0.5, 0.6) is 5.75 Å². The van der Waals surface area contributed by atoms with Crippen LogP contribution < -0.4 is 4.74 Å². The highest BCUT2D eigenvalue weighted by Crippen LogP contribution is 2.30. The number of methoxy groups -OCH3 is 1. The topological polar surface area (TPSA) is 29.5 Å². The summed E-state index contributed by atoms with van der Waals surface area (Å²) in [6.07, 6.45) is 5.19. The lowest BCUT2D eigenvalue weighted by Crippen LogP contribution is -1.99. The Morgan fingerprint density at radius 3 is 2.65 bits per heavy atom. The van der Waals surface area contributed by atoms with Gasteiger partial charge in [-0.15, -0.1) is 0 Å². The zero-order chi connectivity index (χ0) is 12.7. The Balaban J connectivity index is 2.53. The van der Waals surface area contributed by atoms with Gasteiger partial charge in [-0.1, -0.05) is 54.6 Å². The lowest BCUT2D eigenvalue weighted by atomic mass is 10.0. The first-order valence-electron chi connectivity index (χ1n) is 6.20. The molecule has 0 fully saturated rings. The first kappa shape index (κ1) is 14.5. The fourth-order valence-corrected chi connectivity index (χ4v) is 2.45. The zero-order valence-corrected chi connectivity index (χ0v) is 12.2. The molecular weight excluding hydrogens is 280 g/mol. The standard InChI is InChI=1S/C14H21BrO2/c1-3-4-5-6-7-14(16)12-9-8-11(17-2)10-13(12)15/h8-10,14,16H,3-7H2,1-2H3. The largest absolute Gasteiger partial charge is 0.497 e. The molecule has 3 heteroatoms. The molecule has 0 aliphatic rings. The second kappa shape index (κ2) is 7.72. The Morgan fingerprint density at radius 1 is 1.29 bits per heavy atom. The molecule has 0 saturated heterocycles. The van der Waals surface area contributed by atoms with Crippen LogP contribution in [0.4, 0.5) is 0 Å². The molecule has 0 aliphatic heterocycles. The highest BCUT2D eigenvalue weighted by molar-refractivity contribution is 9.10. The average molecular weight is 301 g/mol. The van der Waals surface area contributed by atoms with Crippen LogP contribution in [0.15, 0.2) is 22.7 Å². The maximum Gasteiger partial charge on any atom is 0.120 e. The second-order valence-corrected chi connectivity index (χ2v) is 5.11. The predicted molar refractivity (Wildman–Crippen MR) is 74.4 cm³/mol. The monoisotopic (exact) mass is 300 g/mol. The quantitative estimate of drug-likeness (QED) is 0.753. The van der Waals surface area contributed by atoms with Crippen molar-refractivity contribution in [3.63, 3.8) is 0 Å². The Hall–Kier alpha value is -0.540. The first-order chi connectivity index (χ1) is 8.19. The lowest BCUT2D eigenvalue weighted by molar-refractivity contribution is 0.162. The molecule has 0 bridgehead atoms. The van der Waals surface area contributed by atoms with Gasteiger partial charge in [0.25, 0.3) is 0 Å². The summed E-state index contributed by atoms with van der Waals surface area (Å²) >= 11 is 3.47. The second-order valence-electron chi connectivity index (χ2n) is 4.25. The van der Waals surface area contributed by atoms with Gasteiger partial charge in [-0.2, -0.15) is 0 Å². The molecule has 1 aromatic rings. The van der Waals surface area contributed by atoms with Gasteiger partial charge in [0.1, 0.15) is 5.75 Å². The van der Waals surface area contributed by atoms with E-state index in [2.05, 4.69) is 22.9 Å². The molecule has 0 aromatic heterocycles. The number of aliphatic hydroxyl groups is 1. The molecule has 96 valence electrons. The number of unbranched alkanes of at least 4 members (excludes halogenated alkanes) is 3. The maximum atomic E-state index is 10.1. The van der Waals surface area contributed by atoms with Crippen LogP contribution in [0.3, 0.4) is 0 Å². The SMILES string of the molecule is CCCCCCC(O)c1ccc(OC)cc1Br. The maximum absolute atomic E-state index is 10.1. The molecule has 0 amide bonds. The first-order valence-corrected chi connectivity index (χ1v) is 6.99. The highest BCUT2D eigenvalue weighted by atomic mass is 79.9. The van der Waals surface area contributed by atoms with Crippen LogP contribution in [-0.4, -0.2) is 12.2 Å². The third kappa shape index (κ3) is 4.68. The van der Waals surface area contributed by atoms with Gasteiger partial charge in [0, 0.05) is 4.47 Å². The summed E-state index contributed by atoms with van der Waals surface area (Å²) < 4.78 is 6.05. The van der Waals surface area contributed by atoms with E-state index >= 15 is 0 Å². The Kier molecular flexibility index (Phi) is 6.60. The third-order valence-corrected chi connectivity index (χ3v) is 3.58. The van der Waals surface area contributed by atoms with E-state index in [1.165, 1.54) is 19.3 Å². The van der Waals surface area contributed by atoms with Crippen molar-refractivity contribution in [2.24, 2.45) is 0 Å². The summed E-state index contributed by atoms with van der Waals surface area (Å²) in [6.45, 7) is 2.19. The summed E-state index contributed by atoms with van der Waals surface area (Å²) in [5, 5.41) is 10.1. The molecule has 0 aliphatic carbocycles. The van der Waals surface area contributed by atoms with Crippen LogP contribution in [0.25, 0.3) is 0 Å². The van der Waals surface area contributed by atoms with Gasteiger partial charge in [-0.05, 0) is 24.1 Å². The van der Waals surface area contributed by atoms with Crippen LogP contribution in [0.1, 0.15) is 50.7 Å². The molecule has 0 saturated carbocycles. The van der Waals surface area contributed by atoms with Crippen molar-refractivity contribution in [3.8, 4) is 5.75 Å². The molecule has 1 unspecified atom stereocenters. The van der Waals surface area contributed by atoms with E-state index in [1.807, 2.05) is 18.2 Å². The normalized spacial score (nSPS) is 12.5. The Morgan fingerprint density at radius 2 is 2.06 bits per heavy atom. The van der Waals surface area contributed by atoms with Crippen molar-refractivity contribution >= 4 is 15.9 Å². The number of ether oxygens (including phenoxy) is 1. The molecular formula is C14H21BrO2. The smallest absolute Gasteiger partial charge is 0.120 e. The summed E-state index contributed by atoms with van der Waals surface area (Å²) in [5.41, 5.74) is 0.947. The third-order valence-electron chi connectivity index (χ3n) is 2.90. The van der Waals surface area contributed by atoms with E-state index in [0.29, 0.717) is 0 Å². The van der Waals surface area contributed by atoms with Crippen LogP contribution in [0, 0.1) is 0 Å². The molecule has 1 aromatic carbocycles. The van der Waals surface area contributed by atoms with Gasteiger partial charge < -0.3 is 9.84 Å². The van der Waals surface area contributed by atoms with Gasteiger partial charge in [-0.3, -0.25) is 0 Å². The van der Waals surface area contributed by atoms with Gasteiger partial charge >= 0.3 is 0 Å². The molecule has 17 heavy (non-hydrogen) atoms. The number of hydrogen-bond donors (Lipinski definition) is 1. The number of benzene rings is 1. The van der Waals surface area contributed by atoms with Crippen LogP contribution >= 0.6 is 15.9 Å². The zero-order valence-electron chi connectivity index (χ0n) is 10.6. The highest BCUT2D eigenvalue weighted by Gasteiger charge is 2.11. The van der Waals surface area contributed by atoms with Gasteiger partial charge in [-0.25, -0.2) is 0 Å². The van der Waals surface area contributed by atoms with E-state index in [0.717, 1.165) is 28.6 Å². The molecule has 0 heterocycles. The lowest BCUT2D eigenvalue weighted by Gasteiger charge is -2.13. The molecule has 2 nitrogen and oxygen atoms in total. The van der Waals surface area contributed by atoms with Gasteiger partial charge in [0.15, 0.2) is 0 Å². The van der Waals surface area contributed by atoms with E-state index in [-0.39, 0.29) is 6.10 Å². The summed E-state index contributed by atoms with van der Waals surface area (Å²) in [7, 11) is 1.64. The summed E-state index contributed by atoms with van der Waals surface area (Å²) in [5.74, 6) is 0.804. The predicted octanol–water partition coefficient (Wildman–Crippen LogP) is 4.46. The van der Waals surface area contributed by atoms with Crippen molar-refractivity contribution in [1.29, 1.82) is 0 Å². The molecule has 1 rings (SSSR count). The molecule has 1 atom stereocenters. The van der Waals surface area contributed by atoms with E-state index in [9.17, 15) is 5.11 Å². The summed E-state index contributed by atoms with van der Waals surface area (Å²) in [6, 6.07) is 5.70.